The average molecular weight is 500 g/mol. The molecule has 3 aromatic rings. The van der Waals surface area contributed by atoms with E-state index in [0.29, 0.717) is 49.8 Å². The molecule has 9 nitrogen and oxygen atoms in total. The Hall–Kier alpha value is -3.77. The van der Waals surface area contributed by atoms with Crippen LogP contribution in [0.1, 0.15) is 66.9 Å². The number of piperidine rings is 1. The summed E-state index contributed by atoms with van der Waals surface area (Å²) in [5.74, 6) is 0.936. The van der Waals surface area contributed by atoms with Gasteiger partial charge in [-0.05, 0) is 68.4 Å². The van der Waals surface area contributed by atoms with Crippen LogP contribution < -0.4 is 5.32 Å². The molecule has 1 amide bonds. The van der Waals surface area contributed by atoms with Crippen molar-refractivity contribution >= 4 is 17.5 Å². The van der Waals surface area contributed by atoms with Gasteiger partial charge in [0.2, 0.25) is 5.95 Å². The van der Waals surface area contributed by atoms with Crippen molar-refractivity contribution in [2.75, 3.05) is 18.4 Å². The first kappa shape index (κ1) is 24.9. The molecule has 1 saturated carbocycles. The van der Waals surface area contributed by atoms with E-state index in [4.69, 9.17) is 4.98 Å². The molecule has 37 heavy (non-hydrogen) atoms. The summed E-state index contributed by atoms with van der Waals surface area (Å²) in [6.07, 6.45) is 11.7. The van der Waals surface area contributed by atoms with Crippen molar-refractivity contribution in [2.24, 2.45) is 5.92 Å². The molecule has 9 heteroatoms. The van der Waals surface area contributed by atoms with Crippen molar-refractivity contribution in [1.29, 1.82) is 5.26 Å². The quantitative estimate of drug-likeness (QED) is 0.486. The Bertz CT molecular complexity index is 1270. The zero-order valence-electron chi connectivity index (χ0n) is 21.2. The van der Waals surface area contributed by atoms with Crippen LogP contribution in [-0.4, -0.2) is 54.9 Å². The molecule has 1 aliphatic carbocycles. The number of rotatable bonds is 7. The number of amides is 1. The van der Waals surface area contributed by atoms with Crippen LogP contribution in [0.3, 0.4) is 0 Å². The standard InChI is InChI=1S/C28H33N7O2/c1-19-16-30-28(32-23-8-6-21(7-9-23)27(37)34-14-11-24(36)12-15-34)33-26(19)22-17-31-35(18-22)25(10-13-29)20-4-2-3-5-20/h6-9,16-18,20,24-25,36H,2-5,10-12,14-15H2,1H3,(H,30,32,33). The Morgan fingerprint density at radius 1 is 1.16 bits per heavy atom. The molecule has 1 saturated heterocycles. The van der Waals surface area contributed by atoms with Gasteiger partial charge >= 0.3 is 0 Å². The number of hydrogen-bond donors (Lipinski definition) is 2. The molecule has 0 spiro atoms. The predicted octanol–water partition coefficient (Wildman–Crippen LogP) is 4.63. The van der Waals surface area contributed by atoms with Crippen molar-refractivity contribution in [3.63, 3.8) is 0 Å². The number of carbonyl (C=O) groups is 1. The maximum Gasteiger partial charge on any atom is 0.253 e. The minimum Gasteiger partial charge on any atom is -0.393 e. The van der Waals surface area contributed by atoms with Crippen molar-refractivity contribution < 1.29 is 9.90 Å². The number of hydrogen-bond acceptors (Lipinski definition) is 7. The highest BCUT2D eigenvalue weighted by Gasteiger charge is 2.27. The summed E-state index contributed by atoms with van der Waals surface area (Å²) in [4.78, 5) is 23.7. The Kier molecular flexibility index (Phi) is 7.47. The molecule has 2 fully saturated rings. The number of nitrogens with zero attached hydrogens (tertiary/aromatic N) is 6. The number of aliphatic hydroxyl groups excluding tert-OH is 1. The molecule has 192 valence electrons. The van der Waals surface area contributed by atoms with Gasteiger partial charge < -0.3 is 15.3 Å². The van der Waals surface area contributed by atoms with Gasteiger partial charge in [0, 0.05) is 42.3 Å². The lowest BCUT2D eigenvalue weighted by atomic mass is 9.96. The summed E-state index contributed by atoms with van der Waals surface area (Å²) >= 11 is 0. The van der Waals surface area contributed by atoms with E-state index in [0.717, 1.165) is 35.3 Å². The number of nitrogens with one attached hydrogen (secondary N) is 1. The second kappa shape index (κ2) is 11.1. The third-order valence-electron chi connectivity index (χ3n) is 7.57. The molecule has 2 N–H and O–H groups in total. The Morgan fingerprint density at radius 2 is 1.89 bits per heavy atom. The summed E-state index contributed by atoms with van der Waals surface area (Å²) in [7, 11) is 0. The lowest BCUT2D eigenvalue weighted by Gasteiger charge is -2.29. The van der Waals surface area contributed by atoms with Gasteiger partial charge in [-0.15, -0.1) is 0 Å². The van der Waals surface area contributed by atoms with Gasteiger partial charge in [-0.3, -0.25) is 9.48 Å². The molecular weight excluding hydrogens is 466 g/mol. The van der Waals surface area contributed by atoms with E-state index >= 15 is 0 Å². The largest absolute Gasteiger partial charge is 0.393 e. The van der Waals surface area contributed by atoms with E-state index in [1.54, 1.807) is 23.2 Å². The van der Waals surface area contributed by atoms with Gasteiger partial charge in [0.15, 0.2) is 0 Å². The zero-order chi connectivity index (χ0) is 25.8. The van der Waals surface area contributed by atoms with Gasteiger partial charge in [0.25, 0.3) is 5.91 Å². The van der Waals surface area contributed by atoms with Gasteiger partial charge in [0.1, 0.15) is 0 Å². The van der Waals surface area contributed by atoms with Crippen LogP contribution in [0.2, 0.25) is 0 Å². The number of anilines is 2. The number of aliphatic hydroxyl groups is 1. The van der Waals surface area contributed by atoms with Crippen LogP contribution in [0.15, 0.2) is 42.9 Å². The van der Waals surface area contributed by atoms with Crippen molar-refractivity contribution in [3.8, 4) is 17.3 Å². The van der Waals surface area contributed by atoms with Crippen LogP contribution in [0, 0.1) is 24.2 Å². The second-order valence-electron chi connectivity index (χ2n) is 10.1. The van der Waals surface area contributed by atoms with Gasteiger partial charge in [-0.1, -0.05) is 12.8 Å². The molecule has 1 unspecified atom stereocenters. The number of carbonyl (C=O) groups excluding carboxylic acids is 1. The highest BCUT2D eigenvalue weighted by Crippen LogP contribution is 2.36. The fraction of sp³-hybridized carbons (Fsp3) is 0.464. The average Bonchev–Trinajstić information content (AvgIpc) is 3.62. The summed E-state index contributed by atoms with van der Waals surface area (Å²) in [5, 5.41) is 26.9. The minimum absolute atomic E-state index is 0.0170. The van der Waals surface area contributed by atoms with E-state index in [2.05, 4.69) is 21.5 Å². The van der Waals surface area contributed by atoms with Crippen LogP contribution >= 0.6 is 0 Å². The summed E-state index contributed by atoms with van der Waals surface area (Å²) < 4.78 is 1.95. The van der Waals surface area contributed by atoms with E-state index < -0.39 is 0 Å². The van der Waals surface area contributed by atoms with Crippen molar-refractivity contribution in [2.45, 2.75) is 64.0 Å². The minimum atomic E-state index is -0.310. The Balaban J connectivity index is 1.29. The van der Waals surface area contributed by atoms with Crippen LogP contribution in [0.25, 0.3) is 11.3 Å². The Morgan fingerprint density at radius 3 is 2.59 bits per heavy atom. The molecule has 1 aliphatic heterocycles. The first-order valence-electron chi connectivity index (χ1n) is 13.1. The fourth-order valence-corrected chi connectivity index (χ4v) is 5.42. The van der Waals surface area contributed by atoms with Crippen molar-refractivity contribution in [1.82, 2.24) is 24.6 Å². The normalized spacial score (nSPS) is 17.5. The number of benzene rings is 1. The topological polar surface area (TPSA) is 120 Å². The molecular formula is C28H33N7O2. The summed E-state index contributed by atoms with van der Waals surface area (Å²) in [5.41, 5.74) is 4.04. The van der Waals surface area contributed by atoms with Gasteiger partial charge in [0.05, 0.1) is 36.5 Å². The first-order valence-corrected chi connectivity index (χ1v) is 13.1. The smallest absolute Gasteiger partial charge is 0.253 e. The molecule has 1 atom stereocenters. The monoisotopic (exact) mass is 499 g/mol. The van der Waals surface area contributed by atoms with E-state index in [-0.39, 0.29) is 18.1 Å². The lowest BCUT2D eigenvalue weighted by molar-refractivity contribution is 0.0546. The Labute approximate surface area is 217 Å². The molecule has 5 rings (SSSR count). The molecule has 2 aromatic heterocycles. The number of nitriles is 1. The molecule has 3 heterocycles. The molecule has 1 aromatic carbocycles. The highest BCUT2D eigenvalue weighted by molar-refractivity contribution is 5.94. The van der Waals surface area contributed by atoms with Crippen LogP contribution in [-0.2, 0) is 0 Å². The molecule has 0 radical (unpaired) electrons. The maximum absolute atomic E-state index is 12.8. The zero-order valence-corrected chi connectivity index (χ0v) is 21.2. The first-order chi connectivity index (χ1) is 18.0. The molecule has 2 aliphatic rings. The lowest BCUT2D eigenvalue weighted by Crippen LogP contribution is -2.40. The predicted molar refractivity (Wildman–Crippen MR) is 140 cm³/mol. The highest BCUT2D eigenvalue weighted by atomic mass is 16.3. The van der Waals surface area contributed by atoms with Crippen LogP contribution in [0.4, 0.5) is 11.6 Å². The number of aromatic nitrogens is 4. The number of aryl methyl sites for hydroxylation is 1. The van der Waals surface area contributed by atoms with Crippen molar-refractivity contribution in [3.05, 3.63) is 54.0 Å². The molecule has 0 bridgehead atoms. The number of likely N-dealkylation sites (tertiary alicyclic amines) is 1. The van der Waals surface area contributed by atoms with E-state index in [1.807, 2.05) is 36.1 Å². The third kappa shape index (κ3) is 5.65. The fourth-order valence-electron chi connectivity index (χ4n) is 5.42. The van der Waals surface area contributed by atoms with E-state index in [1.165, 1.54) is 12.8 Å². The summed E-state index contributed by atoms with van der Waals surface area (Å²) in [6, 6.07) is 9.73. The van der Waals surface area contributed by atoms with Gasteiger partial charge in [-0.25, -0.2) is 9.97 Å². The maximum atomic E-state index is 12.8. The van der Waals surface area contributed by atoms with Crippen LogP contribution in [0.5, 0.6) is 0 Å². The van der Waals surface area contributed by atoms with Gasteiger partial charge in [-0.2, -0.15) is 10.4 Å². The SMILES string of the molecule is Cc1cnc(Nc2ccc(C(=O)N3CCC(O)CC3)cc2)nc1-c1cnn(C(CC#N)C2CCCC2)c1. The summed E-state index contributed by atoms with van der Waals surface area (Å²) in [6.45, 7) is 3.13. The second-order valence-corrected chi connectivity index (χ2v) is 10.1. The van der Waals surface area contributed by atoms with E-state index in [9.17, 15) is 15.2 Å². The third-order valence-corrected chi connectivity index (χ3v) is 7.57.